The molecule has 0 fully saturated rings. The Labute approximate surface area is 156 Å². The molecule has 0 aliphatic heterocycles. The summed E-state index contributed by atoms with van der Waals surface area (Å²) in [6, 6.07) is 14.1. The Morgan fingerprint density at radius 2 is 2.00 bits per heavy atom. The molecule has 2 aromatic heterocycles. The highest BCUT2D eigenvalue weighted by molar-refractivity contribution is 7.22. The van der Waals surface area contributed by atoms with Gasteiger partial charge in [0.25, 0.3) is 5.91 Å². The van der Waals surface area contributed by atoms with Gasteiger partial charge in [-0.15, -0.1) is 5.10 Å². The Morgan fingerprint density at radius 3 is 2.73 bits per heavy atom. The minimum Gasteiger partial charge on any atom is -0.279 e. The molecule has 0 unspecified atom stereocenters. The Bertz CT molecular complexity index is 1080. The zero-order chi connectivity index (χ0) is 18.1. The van der Waals surface area contributed by atoms with E-state index in [9.17, 15) is 9.18 Å². The Morgan fingerprint density at radius 1 is 1.19 bits per heavy atom. The average Bonchev–Trinajstić information content (AvgIpc) is 3.25. The Balaban J connectivity index is 1.78. The first-order valence-electron chi connectivity index (χ1n) is 7.82. The molecule has 1 amide bonds. The summed E-state index contributed by atoms with van der Waals surface area (Å²) in [5, 5.41) is 4.45. The molecule has 0 saturated heterocycles. The van der Waals surface area contributed by atoms with E-state index in [0.717, 1.165) is 17.1 Å². The summed E-state index contributed by atoms with van der Waals surface area (Å²) < 4.78 is 18.1. The van der Waals surface area contributed by atoms with E-state index in [4.69, 9.17) is 0 Å². The SMILES string of the molecule is Cc1nnsc1C(=O)N(Cc1ccccc1)c1nc2ccc(F)cc2s1. The lowest BCUT2D eigenvalue weighted by Crippen LogP contribution is -2.30. The zero-order valence-electron chi connectivity index (χ0n) is 13.7. The lowest BCUT2D eigenvalue weighted by atomic mass is 10.2. The molecule has 0 aliphatic rings. The molecule has 0 radical (unpaired) electrons. The van der Waals surface area contributed by atoms with Crippen LogP contribution < -0.4 is 4.90 Å². The molecule has 4 aromatic rings. The Kier molecular flexibility index (Phi) is 4.44. The summed E-state index contributed by atoms with van der Waals surface area (Å²) in [6.07, 6.45) is 0. The molecule has 0 aliphatic carbocycles. The first-order valence-corrected chi connectivity index (χ1v) is 9.41. The number of nitrogens with zero attached hydrogens (tertiary/aromatic N) is 4. The summed E-state index contributed by atoms with van der Waals surface area (Å²) in [6.45, 7) is 2.12. The number of carbonyl (C=O) groups is 1. The smallest absolute Gasteiger partial charge is 0.274 e. The number of fused-ring (bicyclic) bond motifs is 1. The first-order chi connectivity index (χ1) is 12.6. The number of carbonyl (C=O) groups excluding carboxylic acids is 1. The second kappa shape index (κ2) is 6.89. The van der Waals surface area contributed by atoms with Crippen molar-refractivity contribution >= 4 is 44.1 Å². The number of aromatic nitrogens is 3. The number of hydrogen-bond acceptors (Lipinski definition) is 6. The zero-order valence-corrected chi connectivity index (χ0v) is 15.4. The molecule has 0 bridgehead atoms. The summed E-state index contributed by atoms with van der Waals surface area (Å²) >= 11 is 2.35. The monoisotopic (exact) mass is 384 g/mol. The van der Waals surface area contributed by atoms with Crippen molar-refractivity contribution in [3.63, 3.8) is 0 Å². The third-order valence-corrected chi connectivity index (χ3v) is 5.70. The van der Waals surface area contributed by atoms with Crippen LogP contribution in [-0.4, -0.2) is 20.5 Å². The number of benzene rings is 2. The lowest BCUT2D eigenvalue weighted by Gasteiger charge is -2.19. The molecule has 2 aromatic carbocycles. The lowest BCUT2D eigenvalue weighted by molar-refractivity contribution is 0.0988. The van der Waals surface area contributed by atoms with Crippen molar-refractivity contribution in [3.8, 4) is 0 Å². The fourth-order valence-electron chi connectivity index (χ4n) is 2.54. The molecular formula is C18H13FN4OS2. The van der Waals surface area contributed by atoms with Crippen LogP contribution in [0.15, 0.2) is 48.5 Å². The number of anilines is 1. The van der Waals surface area contributed by atoms with Crippen molar-refractivity contribution in [2.24, 2.45) is 0 Å². The highest BCUT2D eigenvalue weighted by Crippen LogP contribution is 2.32. The van der Waals surface area contributed by atoms with Crippen LogP contribution in [0.1, 0.15) is 20.9 Å². The van der Waals surface area contributed by atoms with E-state index in [0.29, 0.717) is 32.5 Å². The highest BCUT2D eigenvalue weighted by Gasteiger charge is 2.25. The number of aryl methyl sites for hydroxylation is 1. The minimum absolute atomic E-state index is 0.208. The van der Waals surface area contributed by atoms with Crippen molar-refractivity contribution in [2.75, 3.05) is 4.90 Å². The van der Waals surface area contributed by atoms with Crippen molar-refractivity contribution in [3.05, 3.63) is 70.5 Å². The van der Waals surface area contributed by atoms with Gasteiger partial charge in [-0.05, 0) is 42.2 Å². The van der Waals surface area contributed by atoms with Gasteiger partial charge in [-0.1, -0.05) is 46.2 Å². The molecular weight excluding hydrogens is 371 g/mol. The highest BCUT2D eigenvalue weighted by atomic mass is 32.1. The molecule has 0 saturated carbocycles. The van der Waals surface area contributed by atoms with Gasteiger partial charge >= 0.3 is 0 Å². The van der Waals surface area contributed by atoms with Gasteiger partial charge in [-0.3, -0.25) is 9.69 Å². The van der Waals surface area contributed by atoms with E-state index in [1.165, 1.54) is 23.5 Å². The third kappa shape index (κ3) is 3.21. The minimum atomic E-state index is -0.323. The van der Waals surface area contributed by atoms with E-state index in [2.05, 4.69) is 14.6 Å². The third-order valence-electron chi connectivity index (χ3n) is 3.84. The standard InChI is InChI=1S/C18H13FN4OS2/c1-11-16(26-22-21-11)17(24)23(10-12-5-3-2-4-6-12)18-20-14-8-7-13(19)9-15(14)25-18/h2-9H,10H2,1H3. The molecule has 4 rings (SSSR count). The molecule has 26 heavy (non-hydrogen) atoms. The largest absolute Gasteiger partial charge is 0.279 e. The predicted octanol–water partition coefficient (Wildman–Crippen LogP) is 4.44. The van der Waals surface area contributed by atoms with Crippen LogP contribution in [0, 0.1) is 12.7 Å². The molecule has 2 heterocycles. The molecule has 0 spiro atoms. The van der Waals surface area contributed by atoms with Crippen molar-refractivity contribution in [1.29, 1.82) is 0 Å². The second-order valence-electron chi connectivity index (χ2n) is 5.67. The van der Waals surface area contributed by atoms with Crippen LogP contribution >= 0.6 is 22.9 Å². The van der Waals surface area contributed by atoms with Crippen molar-refractivity contribution in [1.82, 2.24) is 14.6 Å². The van der Waals surface area contributed by atoms with Gasteiger partial charge in [0, 0.05) is 0 Å². The summed E-state index contributed by atoms with van der Waals surface area (Å²) in [5.41, 5.74) is 2.23. The van der Waals surface area contributed by atoms with Gasteiger partial charge in [-0.2, -0.15) is 0 Å². The second-order valence-corrected chi connectivity index (χ2v) is 7.44. The normalized spacial score (nSPS) is 11.0. The molecule has 130 valence electrons. The maximum absolute atomic E-state index is 13.5. The molecule has 0 N–H and O–H groups in total. The van der Waals surface area contributed by atoms with Crippen LogP contribution in [0.25, 0.3) is 10.2 Å². The predicted molar refractivity (Wildman–Crippen MR) is 101 cm³/mol. The van der Waals surface area contributed by atoms with Gasteiger partial charge in [-0.25, -0.2) is 9.37 Å². The van der Waals surface area contributed by atoms with Crippen molar-refractivity contribution < 1.29 is 9.18 Å². The quantitative estimate of drug-likeness (QED) is 0.522. The number of amides is 1. The van der Waals surface area contributed by atoms with Crippen LogP contribution in [0.4, 0.5) is 9.52 Å². The fourth-order valence-corrected chi connectivity index (χ4v) is 4.14. The van der Waals surface area contributed by atoms with Crippen LogP contribution in [0.3, 0.4) is 0 Å². The van der Waals surface area contributed by atoms with Gasteiger partial charge < -0.3 is 0 Å². The molecule has 0 atom stereocenters. The van der Waals surface area contributed by atoms with E-state index in [-0.39, 0.29) is 11.7 Å². The maximum atomic E-state index is 13.5. The van der Waals surface area contributed by atoms with E-state index < -0.39 is 0 Å². The maximum Gasteiger partial charge on any atom is 0.274 e. The first kappa shape index (κ1) is 16.7. The average molecular weight is 384 g/mol. The number of thiazole rings is 1. The van der Waals surface area contributed by atoms with Gasteiger partial charge in [0.2, 0.25) is 0 Å². The van der Waals surface area contributed by atoms with E-state index >= 15 is 0 Å². The summed E-state index contributed by atoms with van der Waals surface area (Å²) in [5.74, 6) is -0.531. The van der Waals surface area contributed by atoms with E-state index in [1.54, 1.807) is 17.9 Å². The topological polar surface area (TPSA) is 59.0 Å². The van der Waals surface area contributed by atoms with Crippen LogP contribution in [0.5, 0.6) is 0 Å². The summed E-state index contributed by atoms with van der Waals surface area (Å²) in [7, 11) is 0. The van der Waals surface area contributed by atoms with Gasteiger partial charge in [0.15, 0.2) is 5.13 Å². The number of hydrogen-bond donors (Lipinski definition) is 0. The van der Waals surface area contributed by atoms with Crippen molar-refractivity contribution in [2.45, 2.75) is 13.5 Å². The van der Waals surface area contributed by atoms with Crippen LogP contribution in [-0.2, 0) is 6.54 Å². The fraction of sp³-hybridized carbons (Fsp3) is 0.111. The van der Waals surface area contributed by atoms with Crippen LogP contribution in [0.2, 0.25) is 0 Å². The molecule has 5 nitrogen and oxygen atoms in total. The van der Waals surface area contributed by atoms with E-state index in [1.807, 2.05) is 30.3 Å². The van der Waals surface area contributed by atoms with Gasteiger partial charge in [0.1, 0.15) is 10.7 Å². The van der Waals surface area contributed by atoms with Gasteiger partial charge in [0.05, 0.1) is 22.5 Å². The summed E-state index contributed by atoms with van der Waals surface area (Å²) in [4.78, 5) is 19.7. The molecule has 8 heteroatoms. The number of halogens is 1. The number of rotatable bonds is 4. The Hall–Kier alpha value is -2.71.